The number of carbonyl (C=O) groups excluding carboxylic acids is 1. The zero-order chi connectivity index (χ0) is 15.3. The van der Waals surface area contributed by atoms with Crippen molar-refractivity contribution < 1.29 is 19.4 Å². The smallest absolute Gasteiger partial charge is 0.335 e. The largest absolute Gasteiger partial charge is 0.478 e. The molecule has 0 aromatic heterocycles. The van der Waals surface area contributed by atoms with Crippen LogP contribution in [0.15, 0.2) is 24.3 Å². The van der Waals surface area contributed by atoms with Crippen molar-refractivity contribution in [2.75, 3.05) is 26.0 Å². The normalized spacial score (nSPS) is 17.2. The van der Waals surface area contributed by atoms with Crippen molar-refractivity contribution >= 4 is 23.6 Å². The molecule has 21 heavy (non-hydrogen) atoms. The number of ether oxygens (including phenoxy) is 1. The maximum Gasteiger partial charge on any atom is 0.335 e. The van der Waals surface area contributed by atoms with Gasteiger partial charge in [-0.2, -0.15) is 11.8 Å². The predicted molar refractivity (Wildman–Crippen MR) is 82.0 cm³/mol. The Morgan fingerprint density at radius 1 is 1.33 bits per heavy atom. The SMILES string of the molecule is CSC1(CNC(=O)c2cccc(C(=O)O)c2)CCOCC1. The number of aromatic carboxylic acids is 1. The summed E-state index contributed by atoms with van der Waals surface area (Å²) in [6.45, 7) is 1.99. The van der Waals surface area contributed by atoms with Gasteiger partial charge in [0.15, 0.2) is 0 Å². The van der Waals surface area contributed by atoms with Crippen LogP contribution in [0.5, 0.6) is 0 Å². The van der Waals surface area contributed by atoms with E-state index in [0.29, 0.717) is 25.3 Å². The number of thioether (sulfide) groups is 1. The Labute approximate surface area is 128 Å². The molecule has 2 N–H and O–H groups in total. The Morgan fingerprint density at radius 2 is 2.00 bits per heavy atom. The van der Waals surface area contributed by atoms with Crippen LogP contribution in [-0.4, -0.2) is 47.7 Å². The van der Waals surface area contributed by atoms with Crippen molar-refractivity contribution in [2.45, 2.75) is 17.6 Å². The maximum absolute atomic E-state index is 12.2. The summed E-state index contributed by atoms with van der Waals surface area (Å²) in [6, 6.07) is 6.07. The second kappa shape index (κ2) is 6.95. The molecule has 2 rings (SSSR count). The Hall–Kier alpha value is -1.53. The number of nitrogens with one attached hydrogen (secondary N) is 1. The van der Waals surface area contributed by atoms with Crippen molar-refractivity contribution in [1.29, 1.82) is 0 Å². The minimum Gasteiger partial charge on any atom is -0.478 e. The average Bonchev–Trinajstić information content (AvgIpc) is 2.53. The first-order chi connectivity index (χ1) is 10.1. The molecule has 114 valence electrons. The maximum atomic E-state index is 12.2. The van der Waals surface area contributed by atoms with Crippen LogP contribution < -0.4 is 5.32 Å². The molecular formula is C15H19NO4S. The average molecular weight is 309 g/mol. The Morgan fingerprint density at radius 3 is 2.62 bits per heavy atom. The lowest BCUT2D eigenvalue weighted by molar-refractivity contribution is 0.0696. The molecule has 0 aliphatic carbocycles. The molecule has 1 amide bonds. The summed E-state index contributed by atoms with van der Waals surface area (Å²) in [5, 5.41) is 11.9. The van der Waals surface area contributed by atoms with Gasteiger partial charge in [-0.05, 0) is 37.3 Å². The number of carboxylic acids is 1. The first-order valence-corrected chi connectivity index (χ1v) is 8.03. The molecule has 0 atom stereocenters. The molecule has 1 aromatic carbocycles. The number of amides is 1. The Bertz CT molecular complexity index is 526. The molecule has 1 aromatic rings. The van der Waals surface area contributed by atoms with Crippen LogP contribution in [0.3, 0.4) is 0 Å². The summed E-state index contributed by atoms with van der Waals surface area (Å²) in [5.41, 5.74) is 0.492. The highest BCUT2D eigenvalue weighted by Gasteiger charge is 2.32. The highest BCUT2D eigenvalue weighted by Crippen LogP contribution is 2.33. The van der Waals surface area contributed by atoms with E-state index in [1.165, 1.54) is 12.1 Å². The monoisotopic (exact) mass is 309 g/mol. The summed E-state index contributed by atoms with van der Waals surface area (Å²) < 4.78 is 5.38. The topological polar surface area (TPSA) is 75.6 Å². The van der Waals surface area contributed by atoms with Gasteiger partial charge >= 0.3 is 5.97 Å². The van der Waals surface area contributed by atoms with E-state index in [1.54, 1.807) is 23.9 Å². The van der Waals surface area contributed by atoms with Gasteiger partial charge in [-0.25, -0.2) is 4.79 Å². The van der Waals surface area contributed by atoms with Crippen LogP contribution in [0.1, 0.15) is 33.6 Å². The van der Waals surface area contributed by atoms with Crippen molar-refractivity contribution in [1.82, 2.24) is 5.32 Å². The summed E-state index contributed by atoms with van der Waals surface area (Å²) in [5.74, 6) is -1.27. The van der Waals surface area contributed by atoms with Crippen LogP contribution in [0.2, 0.25) is 0 Å². The molecule has 0 spiro atoms. The fourth-order valence-electron chi connectivity index (χ4n) is 2.33. The predicted octanol–water partition coefficient (Wildman–Crippen LogP) is 2.03. The van der Waals surface area contributed by atoms with Crippen LogP contribution in [0, 0.1) is 0 Å². The first kappa shape index (κ1) is 15.9. The number of carbonyl (C=O) groups is 2. The van der Waals surface area contributed by atoms with E-state index in [4.69, 9.17) is 9.84 Å². The first-order valence-electron chi connectivity index (χ1n) is 6.81. The lowest BCUT2D eigenvalue weighted by atomic mass is 9.98. The van der Waals surface area contributed by atoms with Crippen molar-refractivity contribution in [3.8, 4) is 0 Å². The third-order valence-corrected chi connectivity index (χ3v) is 5.20. The molecular weight excluding hydrogens is 290 g/mol. The van der Waals surface area contributed by atoms with Crippen LogP contribution >= 0.6 is 11.8 Å². The van der Waals surface area contributed by atoms with E-state index in [9.17, 15) is 9.59 Å². The molecule has 0 unspecified atom stereocenters. The standard InChI is InChI=1S/C15H19NO4S/c1-21-15(5-7-20-8-6-15)10-16-13(17)11-3-2-4-12(9-11)14(18)19/h2-4,9H,5-8,10H2,1H3,(H,16,17)(H,18,19). The number of hydrogen-bond acceptors (Lipinski definition) is 4. The van der Waals surface area contributed by atoms with Gasteiger partial charge in [0, 0.05) is 30.1 Å². The highest BCUT2D eigenvalue weighted by atomic mass is 32.2. The molecule has 6 heteroatoms. The molecule has 1 aliphatic heterocycles. The lowest BCUT2D eigenvalue weighted by Crippen LogP contribution is -2.44. The summed E-state index contributed by atoms with van der Waals surface area (Å²) >= 11 is 1.75. The second-order valence-corrected chi connectivity index (χ2v) is 6.34. The van der Waals surface area contributed by atoms with Gasteiger partial charge in [-0.3, -0.25) is 4.79 Å². The van der Waals surface area contributed by atoms with E-state index in [1.807, 2.05) is 6.26 Å². The lowest BCUT2D eigenvalue weighted by Gasteiger charge is -2.35. The van der Waals surface area contributed by atoms with E-state index in [0.717, 1.165) is 12.8 Å². The number of hydrogen-bond donors (Lipinski definition) is 2. The Balaban J connectivity index is 2.01. The number of carboxylic acid groups (broad SMARTS) is 1. The molecule has 1 heterocycles. The van der Waals surface area contributed by atoms with Crippen molar-refractivity contribution in [2.24, 2.45) is 0 Å². The molecule has 1 fully saturated rings. The van der Waals surface area contributed by atoms with Gasteiger partial charge in [0.05, 0.1) is 5.56 Å². The fourth-order valence-corrected chi connectivity index (χ4v) is 3.12. The summed E-state index contributed by atoms with van der Waals surface area (Å²) in [6.07, 6.45) is 3.86. The van der Waals surface area contributed by atoms with Gasteiger partial charge < -0.3 is 15.2 Å². The zero-order valence-electron chi connectivity index (χ0n) is 11.9. The molecule has 1 saturated heterocycles. The van der Waals surface area contributed by atoms with Crippen molar-refractivity contribution in [3.63, 3.8) is 0 Å². The van der Waals surface area contributed by atoms with Crippen LogP contribution in [0.25, 0.3) is 0 Å². The molecule has 0 saturated carbocycles. The summed E-state index contributed by atoms with van der Waals surface area (Å²) in [4.78, 5) is 23.1. The molecule has 5 nitrogen and oxygen atoms in total. The van der Waals surface area contributed by atoms with E-state index in [-0.39, 0.29) is 16.2 Å². The number of benzene rings is 1. The zero-order valence-corrected chi connectivity index (χ0v) is 12.7. The van der Waals surface area contributed by atoms with E-state index in [2.05, 4.69) is 5.32 Å². The second-order valence-electron chi connectivity index (χ2n) is 5.07. The Kier molecular flexibility index (Phi) is 5.25. The third kappa shape index (κ3) is 3.98. The summed E-state index contributed by atoms with van der Waals surface area (Å²) in [7, 11) is 0. The minimum absolute atomic E-state index is 0.0122. The van der Waals surface area contributed by atoms with Crippen LogP contribution in [0.4, 0.5) is 0 Å². The molecule has 0 bridgehead atoms. The van der Waals surface area contributed by atoms with Gasteiger partial charge in [0.2, 0.25) is 0 Å². The molecule has 0 radical (unpaired) electrons. The van der Waals surface area contributed by atoms with Gasteiger partial charge in [0.1, 0.15) is 0 Å². The van der Waals surface area contributed by atoms with E-state index >= 15 is 0 Å². The fraction of sp³-hybridized carbons (Fsp3) is 0.467. The van der Waals surface area contributed by atoms with Crippen molar-refractivity contribution in [3.05, 3.63) is 35.4 Å². The quantitative estimate of drug-likeness (QED) is 0.870. The minimum atomic E-state index is -1.03. The molecule has 1 aliphatic rings. The van der Waals surface area contributed by atoms with Gasteiger partial charge in [0.25, 0.3) is 5.91 Å². The van der Waals surface area contributed by atoms with E-state index < -0.39 is 5.97 Å². The highest BCUT2D eigenvalue weighted by molar-refractivity contribution is 8.00. The van der Waals surface area contributed by atoms with Crippen LogP contribution in [-0.2, 0) is 4.74 Å². The number of rotatable bonds is 5. The third-order valence-electron chi connectivity index (χ3n) is 3.78. The van der Waals surface area contributed by atoms with Gasteiger partial charge in [-0.15, -0.1) is 0 Å². The van der Waals surface area contributed by atoms with Gasteiger partial charge in [-0.1, -0.05) is 6.07 Å².